The van der Waals surface area contributed by atoms with Crippen molar-refractivity contribution in [1.82, 2.24) is 34.7 Å². The van der Waals surface area contributed by atoms with Gasteiger partial charge in [0.2, 0.25) is 11.9 Å². The second-order valence-electron chi connectivity index (χ2n) is 8.22. The number of rotatable bonds is 7. The Kier molecular flexibility index (Phi) is 5.57. The zero-order valence-electron chi connectivity index (χ0n) is 19.3. The number of carbonyl (C=O) groups excluding carboxylic acids is 1. The molecule has 0 bridgehead atoms. The van der Waals surface area contributed by atoms with Crippen LogP contribution in [0, 0.1) is 6.92 Å². The fourth-order valence-electron chi connectivity index (χ4n) is 3.97. The van der Waals surface area contributed by atoms with Gasteiger partial charge in [-0.05, 0) is 25.1 Å². The fourth-order valence-corrected chi connectivity index (χ4v) is 3.97. The zero-order valence-corrected chi connectivity index (χ0v) is 19.3. The second-order valence-corrected chi connectivity index (χ2v) is 8.22. The third kappa shape index (κ3) is 4.51. The van der Waals surface area contributed by atoms with Crippen molar-refractivity contribution in [2.45, 2.75) is 13.3 Å². The third-order valence-electron chi connectivity index (χ3n) is 5.63. The second kappa shape index (κ2) is 8.86. The van der Waals surface area contributed by atoms with Crippen molar-refractivity contribution in [2.24, 2.45) is 12.8 Å². The largest absolute Gasteiger partial charge is 0.370 e. The van der Waals surface area contributed by atoms with Crippen LogP contribution in [-0.2, 0) is 11.8 Å². The molecule has 1 amide bonds. The SMILES string of the molecule is Cc1cc(N(CCC(N)=O)c2cc(-c3c[nH]c4ncc(-c5cnn(C)c5)cc34)nc(N)n2)ccn1. The summed E-state index contributed by atoms with van der Waals surface area (Å²) >= 11 is 0. The molecule has 11 nitrogen and oxygen atoms in total. The first-order valence-corrected chi connectivity index (χ1v) is 11.0. The molecular formula is C24H24N10O. The van der Waals surface area contributed by atoms with E-state index >= 15 is 0 Å². The minimum Gasteiger partial charge on any atom is -0.370 e. The summed E-state index contributed by atoms with van der Waals surface area (Å²) in [6.45, 7) is 2.23. The lowest BCUT2D eigenvalue weighted by Crippen LogP contribution is -2.25. The van der Waals surface area contributed by atoms with Gasteiger partial charge < -0.3 is 21.4 Å². The molecule has 0 aliphatic heterocycles. The minimum absolute atomic E-state index is 0.109. The van der Waals surface area contributed by atoms with Gasteiger partial charge in [0.05, 0.1) is 11.9 Å². The van der Waals surface area contributed by atoms with Crippen LogP contribution in [0.5, 0.6) is 0 Å². The van der Waals surface area contributed by atoms with E-state index in [1.165, 1.54) is 0 Å². The summed E-state index contributed by atoms with van der Waals surface area (Å²) < 4.78 is 1.75. The number of aryl methyl sites for hydroxylation is 2. The molecule has 0 aromatic carbocycles. The maximum Gasteiger partial charge on any atom is 0.222 e. The maximum atomic E-state index is 11.6. The van der Waals surface area contributed by atoms with E-state index in [9.17, 15) is 4.79 Å². The van der Waals surface area contributed by atoms with E-state index in [0.29, 0.717) is 18.1 Å². The van der Waals surface area contributed by atoms with Gasteiger partial charge in [0.15, 0.2) is 0 Å². The first-order valence-electron chi connectivity index (χ1n) is 11.0. The van der Waals surface area contributed by atoms with Crippen LogP contribution in [0.2, 0.25) is 0 Å². The number of aromatic nitrogens is 7. The summed E-state index contributed by atoms with van der Waals surface area (Å²) in [6, 6.07) is 7.64. The monoisotopic (exact) mass is 468 g/mol. The summed E-state index contributed by atoms with van der Waals surface area (Å²) in [4.78, 5) is 34.4. The lowest BCUT2D eigenvalue weighted by atomic mass is 10.1. The Morgan fingerprint density at radius 1 is 1.14 bits per heavy atom. The number of fused-ring (bicyclic) bond motifs is 1. The van der Waals surface area contributed by atoms with Gasteiger partial charge in [-0.1, -0.05) is 0 Å². The number of aromatic amines is 1. The van der Waals surface area contributed by atoms with Crippen molar-refractivity contribution in [3.63, 3.8) is 0 Å². The average molecular weight is 469 g/mol. The van der Waals surface area contributed by atoms with Crippen LogP contribution in [0.3, 0.4) is 0 Å². The molecule has 0 saturated heterocycles. The molecule has 176 valence electrons. The highest BCUT2D eigenvalue weighted by Gasteiger charge is 2.18. The number of pyridine rings is 2. The molecule has 0 spiro atoms. The summed E-state index contributed by atoms with van der Waals surface area (Å²) in [7, 11) is 1.87. The lowest BCUT2D eigenvalue weighted by Gasteiger charge is -2.24. The van der Waals surface area contributed by atoms with Crippen molar-refractivity contribution < 1.29 is 4.79 Å². The summed E-state index contributed by atoms with van der Waals surface area (Å²) in [5, 5.41) is 5.14. The molecule has 11 heteroatoms. The first-order chi connectivity index (χ1) is 16.9. The lowest BCUT2D eigenvalue weighted by molar-refractivity contribution is -0.117. The average Bonchev–Trinajstić information content (AvgIpc) is 3.44. The van der Waals surface area contributed by atoms with E-state index in [2.05, 4.69) is 30.0 Å². The molecule has 0 radical (unpaired) electrons. The molecule has 0 aliphatic carbocycles. The number of nitrogens with two attached hydrogens (primary N) is 2. The fraction of sp³-hybridized carbons (Fsp3) is 0.167. The molecule has 5 heterocycles. The number of hydrogen-bond acceptors (Lipinski definition) is 8. The number of nitrogens with zero attached hydrogens (tertiary/aromatic N) is 7. The Hall–Kier alpha value is -4.80. The first kappa shape index (κ1) is 22.0. The van der Waals surface area contributed by atoms with Gasteiger partial charge in [0.25, 0.3) is 0 Å². The third-order valence-corrected chi connectivity index (χ3v) is 5.63. The molecule has 5 aromatic heterocycles. The quantitative estimate of drug-likeness (QED) is 0.329. The number of nitrogen functional groups attached to an aromatic ring is 1. The van der Waals surface area contributed by atoms with E-state index in [-0.39, 0.29) is 12.4 Å². The van der Waals surface area contributed by atoms with Crippen molar-refractivity contribution in [3.8, 4) is 22.4 Å². The molecular weight excluding hydrogens is 444 g/mol. The predicted octanol–water partition coefficient (Wildman–Crippen LogP) is 2.72. The van der Waals surface area contributed by atoms with Crippen molar-refractivity contribution in [2.75, 3.05) is 17.2 Å². The predicted molar refractivity (Wildman–Crippen MR) is 134 cm³/mol. The van der Waals surface area contributed by atoms with Gasteiger partial charge in [-0.25, -0.2) is 9.97 Å². The van der Waals surface area contributed by atoms with Gasteiger partial charge in [0, 0.05) is 84.3 Å². The van der Waals surface area contributed by atoms with Gasteiger partial charge >= 0.3 is 0 Å². The van der Waals surface area contributed by atoms with E-state index < -0.39 is 5.91 Å². The number of primary amides is 1. The van der Waals surface area contributed by atoms with Gasteiger partial charge in [-0.15, -0.1) is 0 Å². The van der Waals surface area contributed by atoms with E-state index in [1.54, 1.807) is 23.3 Å². The molecule has 5 rings (SSSR count). The Balaban J connectivity index is 1.60. The maximum absolute atomic E-state index is 11.6. The standard InChI is InChI=1S/C24H24N10O/c1-14-7-17(3-5-27-14)34(6-4-21(25)35)22-9-20(31-24(26)32-22)19-12-29-23-18(19)8-15(10-28-23)16-11-30-33(2)13-16/h3,5,7-13H,4,6H2,1-2H3,(H2,25,35)(H,28,29)(H2,26,31,32). The van der Waals surface area contributed by atoms with Crippen LogP contribution in [0.1, 0.15) is 12.1 Å². The van der Waals surface area contributed by atoms with Crippen LogP contribution in [-0.4, -0.2) is 47.2 Å². The number of carbonyl (C=O) groups is 1. The van der Waals surface area contributed by atoms with Crippen LogP contribution in [0.15, 0.2) is 55.2 Å². The summed E-state index contributed by atoms with van der Waals surface area (Å²) in [5.74, 6) is 0.247. The zero-order chi connectivity index (χ0) is 24.5. The topological polar surface area (TPSA) is 158 Å². The van der Waals surface area contributed by atoms with Gasteiger partial charge in [-0.3, -0.25) is 14.5 Å². The molecule has 5 aromatic rings. The van der Waals surface area contributed by atoms with Crippen LogP contribution >= 0.6 is 0 Å². The van der Waals surface area contributed by atoms with Gasteiger partial charge in [0.1, 0.15) is 11.5 Å². The van der Waals surface area contributed by atoms with Crippen LogP contribution < -0.4 is 16.4 Å². The molecule has 5 N–H and O–H groups in total. The number of amides is 1. The van der Waals surface area contributed by atoms with Crippen LogP contribution in [0.25, 0.3) is 33.4 Å². The summed E-state index contributed by atoms with van der Waals surface area (Å²) in [6.07, 6.45) is 9.23. The number of nitrogens with one attached hydrogen (secondary N) is 1. The highest BCUT2D eigenvalue weighted by atomic mass is 16.1. The highest BCUT2D eigenvalue weighted by Crippen LogP contribution is 2.33. The molecule has 0 atom stereocenters. The Morgan fingerprint density at radius 3 is 2.74 bits per heavy atom. The molecule has 0 aliphatic rings. The highest BCUT2D eigenvalue weighted by molar-refractivity contribution is 5.95. The molecule has 35 heavy (non-hydrogen) atoms. The smallest absolute Gasteiger partial charge is 0.222 e. The Bertz CT molecular complexity index is 1540. The van der Waals surface area contributed by atoms with E-state index in [1.807, 2.05) is 55.5 Å². The number of hydrogen-bond donors (Lipinski definition) is 3. The minimum atomic E-state index is -0.409. The van der Waals surface area contributed by atoms with Crippen molar-refractivity contribution in [1.29, 1.82) is 0 Å². The molecule has 0 unspecified atom stereocenters. The molecule has 0 saturated carbocycles. The Labute approximate surface area is 200 Å². The molecule has 0 fully saturated rings. The van der Waals surface area contributed by atoms with Crippen molar-refractivity contribution >= 4 is 34.4 Å². The number of H-pyrrole nitrogens is 1. The van der Waals surface area contributed by atoms with Crippen molar-refractivity contribution in [3.05, 3.63) is 60.9 Å². The van der Waals surface area contributed by atoms with E-state index in [4.69, 9.17) is 11.5 Å². The summed E-state index contributed by atoms with van der Waals surface area (Å²) in [5.41, 5.74) is 17.3. The number of anilines is 3. The normalized spacial score (nSPS) is 11.1. The Morgan fingerprint density at radius 2 is 2.00 bits per heavy atom. The van der Waals surface area contributed by atoms with E-state index in [0.717, 1.165) is 39.1 Å². The van der Waals surface area contributed by atoms with Gasteiger partial charge in [-0.2, -0.15) is 10.1 Å². The van der Waals surface area contributed by atoms with Crippen LogP contribution in [0.4, 0.5) is 17.5 Å².